The average molecular weight is 366 g/mol. The van der Waals surface area contributed by atoms with E-state index in [0.29, 0.717) is 10.6 Å². The molecule has 5 nitrogen and oxygen atoms in total. The molecule has 2 aromatic rings. The van der Waals surface area contributed by atoms with Gasteiger partial charge in [0.2, 0.25) is 0 Å². The third-order valence-corrected chi connectivity index (χ3v) is 7.17. The normalized spacial score (nSPS) is 26.1. The smallest absolute Gasteiger partial charge is 0.312 e. The number of benzene rings is 2. The molecule has 0 radical (unpaired) electrons. The first kappa shape index (κ1) is 17.0. The fraction of sp³-hybridized carbons (Fsp3) is 0.235. The van der Waals surface area contributed by atoms with Gasteiger partial charge in [-0.25, -0.2) is 8.42 Å². The SMILES string of the molecule is NC[C@]1(C(=O)O)[C@@H](c2ccc(Cl)cc2)[C@@H]1S(=O)(=O)c1ccccc1. The van der Waals surface area contributed by atoms with E-state index < -0.39 is 32.4 Å². The summed E-state index contributed by atoms with van der Waals surface area (Å²) in [4.78, 5) is 12.0. The van der Waals surface area contributed by atoms with E-state index in [0.717, 1.165) is 0 Å². The first-order chi connectivity index (χ1) is 11.4. The third-order valence-electron chi connectivity index (χ3n) is 4.63. The molecular formula is C17H16ClNO4S. The number of nitrogens with two attached hydrogens (primary N) is 1. The average Bonchev–Trinajstić information content (AvgIpc) is 3.28. The van der Waals surface area contributed by atoms with Gasteiger partial charge in [0.1, 0.15) is 5.41 Å². The molecule has 1 aliphatic rings. The number of halogens is 1. The van der Waals surface area contributed by atoms with E-state index >= 15 is 0 Å². The molecule has 0 aromatic heterocycles. The van der Waals surface area contributed by atoms with Gasteiger partial charge in [-0.3, -0.25) is 4.79 Å². The maximum absolute atomic E-state index is 13.0. The Hall–Kier alpha value is -1.89. The lowest BCUT2D eigenvalue weighted by molar-refractivity contribution is -0.143. The molecule has 0 saturated heterocycles. The van der Waals surface area contributed by atoms with E-state index in [1.54, 1.807) is 42.5 Å². The Bertz CT molecular complexity index is 867. The second-order valence-electron chi connectivity index (χ2n) is 5.86. The summed E-state index contributed by atoms with van der Waals surface area (Å²) >= 11 is 5.87. The van der Waals surface area contributed by atoms with Crippen molar-refractivity contribution >= 4 is 27.4 Å². The van der Waals surface area contributed by atoms with Crippen LogP contribution in [0.3, 0.4) is 0 Å². The third kappa shape index (κ3) is 2.42. The standard InChI is InChI=1S/C17H16ClNO4S/c18-12-8-6-11(7-9-12)14-15(17(14,10-19)16(20)21)24(22,23)13-4-2-1-3-5-13/h1-9,14-15H,10,19H2,(H,20,21)/t14-,15-,17-/m0/s1. The van der Waals surface area contributed by atoms with Gasteiger partial charge in [0.25, 0.3) is 0 Å². The van der Waals surface area contributed by atoms with E-state index in [-0.39, 0.29) is 11.4 Å². The number of rotatable bonds is 5. The number of hydrogen-bond donors (Lipinski definition) is 2. The van der Waals surface area contributed by atoms with Gasteiger partial charge in [0, 0.05) is 17.5 Å². The van der Waals surface area contributed by atoms with Crippen LogP contribution in [-0.2, 0) is 14.6 Å². The highest BCUT2D eigenvalue weighted by Crippen LogP contribution is 2.63. The van der Waals surface area contributed by atoms with Gasteiger partial charge in [0.15, 0.2) is 9.84 Å². The predicted octanol–water partition coefficient (Wildman–Crippen LogP) is 2.31. The molecule has 0 bridgehead atoms. The molecule has 1 saturated carbocycles. The second kappa shape index (κ2) is 5.88. The van der Waals surface area contributed by atoms with Crippen molar-refractivity contribution in [1.82, 2.24) is 0 Å². The Kier molecular flexibility index (Phi) is 4.15. The predicted molar refractivity (Wildman–Crippen MR) is 90.7 cm³/mol. The highest BCUT2D eigenvalue weighted by Gasteiger charge is 2.75. The van der Waals surface area contributed by atoms with Gasteiger partial charge >= 0.3 is 5.97 Å². The van der Waals surface area contributed by atoms with E-state index in [4.69, 9.17) is 17.3 Å². The summed E-state index contributed by atoms with van der Waals surface area (Å²) < 4.78 is 26.0. The zero-order valence-corrected chi connectivity index (χ0v) is 14.2. The molecule has 0 spiro atoms. The summed E-state index contributed by atoms with van der Waals surface area (Å²) in [5, 5.41) is 9.10. The van der Waals surface area contributed by atoms with Crippen molar-refractivity contribution in [3.05, 3.63) is 65.2 Å². The Balaban J connectivity index is 2.11. The Morgan fingerprint density at radius 2 is 1.71 bits per heavy atom. The number of carboxylic acids is 1. The number of carboxylic acid groups (broad SMARTS) is 1. The number of aliphatic carboxylic acids is 1. The maximum atomic E-state index is 13.0. The lowest BCUT2D eigenvalue weighted by Crippen LogP contribution is -2.31. The van der Waals surface area contributed by atoms with Gasteiger partial charge < -0.3 is 10.8 Å². The molecule has 3 atom stereocenters. The Morgan fingerprint density at radius 3 is 2.21 bits per heavy atom. The molecule has 0 heterocycles. The highest BCUT2D eigenvalue weighted by molar-refractivity contribution is 7.92. The first-order valence-electron chi connectivity index (χ1n) is 7.33. The van der Waals surface area contributed by atoms with Crippen molar-refractivity contribution in [3.8, 4) is 0 Å². The van der Waals surface area contributed by atoms with Crippen molar-refractivity contribution in [2.45, 2.75) is 16.1 Å². The van der Waals surface area contributed by atoms with Crippen molar-refractivity contribution < 1.29 is 18.3 Å². The summed E-state index contributed by atoms with van der Waals surface area (Å²) in [5.74, 6) is -1.91. The summed E-state index contributed by atoms with van der Waals surface area (Å²) in [6, 6.07) is 14.4. The van der Waals surface area contributed by atoms with Crippen LogP contribution in [0.15, 0.2) is 59.5 Å². The van der Waals surface area contributed by atoms with Gasteiger partial charge in [0.05, 0.1) is 10.1 Å². The quantitative estimate of drug-likeness (QED) is 0.847. The minimum atomic E-state index is -3.83. The van der Waals surface area contributed by atoms with E-state index in [1.165, 1.54) is 12.1 Å². The molecule has 1 fully saturated rings. The van der Waals surface area contributed by atoms with Crippen LogP contribution in [0, 0.1) is 5.41 Å². The lowest BCUT2D eigenvalue weighted by atomic mass is 9.99. The lowest BCUT2D eigenvalue weighted by Gasteiger charge is -2.10. The molecule has 3 N–H and O–H groups in total. The van der Waals surface area contributed by atoms with Crippen molar-refractivity contribution in [2.75, 3.05) is 6.54 Å². The zero-order chi connectivity index (χ0) is 17.5. The highest BCUT2D eigenvalue weighted by atomic mass is 35.5. The van der Waals surface area contributed by atoms with Crippen molar-refractivity contribution in [2.24, 2.45) is 11.1 Å². The van der Waals surface area contributed by atoms with Crippen LogP contribution in [0.5, 0.6) is 0 Å². The van der Waals surface area contributed by atoms with Crippen molar-refractivity contribution in [3.63, 3.8) is 0 Å². The molecule has 1 aliphatic carbocycles. The van der Waals surface area contributed by atoms with Crippen LogP contribution in [0.25, 0.3) is 0 Å². The number of carbonyl (C=O) groups is 1. The topological polar surface area (TPSA) is 97.5 Å². The van der Waals surface area contributed by atoms with E-state index in [1.807, 2.05) is 0 Å². The molecule has 7 heteroatoms. The summed E-state index contributed by atoms with van der Waals surface area (Å²) in [6.45, 7) is -0.258. The molecule has 0 aliphatic heterocycles. The van der Waals surface area contributed by atoms with Crippen LogP contribution in [-0.4, -0.2) is 31.3 Å². The summed E-state index contributed by atoms with van der Waals surface area (Å²) in [5.41, 5.74) is 4.80. The van der Waals surface area contributed by atoms with Gasteiger partial charge in [-0.2, -0.15) is 0 Å². The summed E-state index contributed by atoms with van der Waals surface area (Å²) in [6.07, 6.45) is 0. The van der Waals surface area contributed by atoms with Crippen molar-refractivity contribution in [1.29, 1.82) is 0 Å². The second-order valence-corrected chi connectivity index (χ2v) is 8.36. The van der Waals surface area contributed by atoms with Crippen LogP contribution in [0.4, 0.5) is 0 Å². The van der Waals surface area contributed by atoms with E-state index in [2.05, 4.69) is 0 Å². The van der Waals surface area contributed by atoms with E-state index in [9.17, 15) is 18.3 Å². The molecule has 126 valence electrons. The Labute approximate surface area is 145 Å². The minimum Gasteiger partial charge on any atom is -0.481 e. The van der Waals surface area contributed by atoms with Gasteiger partial charge in [-0.05, 0) is 29.8 Å². The molecule has 24 heavy (non-hydrogen) atoms. The van der Waals surface area contributed by atoms with Gasteiger partial charge in [-0.15, -0.1) is 0 Å². The summed E-state index contributed by atoms with van der Waals surface area (Å²) in [7, 11) is -3.83. The first-order valence-corrected chi connectivity index (χ1v) is 9.26. The van der Waals surface area contributed by atoms with Crippen LogP contribution < -0.4 is 5.73 Å². The molecule has 2 aromatic carbocycles. The number of hydrogen-bond acceptors (Lipinski definition) is 4. The van der Waals surface area contributed by atoms with Crippen LogP contribution >= 0.6 is 11.6 Å². The Morgan fingerprint density at radius 1 is 1.12 bits per heavy atom. The zero-order valence-electron chi connectivity index (χ0n) is 12.6. The largest absolute Gasteiger partial charge is 0.481 e. The monoisotopic (exact) mass is 365 g/mol. The maximum Gasteiger partial charge on any atom is 0.312 e. The minimum absolute atomic E-state index is 0.102. The molecular weight excluding hydrogens is 350 g/mol. The van der Waals surface area contributed by atoms with Gasteiger partial charge in [-0.1, -0.05) is 41.9 Å². The molecule has 0 unspecified atom stereocenters. The van der Waals surface area contributed by atoms with Crippen LogP contribution in [0.2, 0.25) is 5.02 Å². The number of sulfone groups is 1. The van der Waals surface area contributed by atoms with Crippen LogP contribution in [0.1, 0.15) is 11.5 Å². The molecule has 3 rings (SSSR count). The fourth-order valence-corrected chi connectivity index (χ4v) is 5.88. The fourth-order valence-electron chi connectivity index (χ4n) is 3.35. The molecule has 0 amide bonds.